The Morgan fingerprint density at radius 3 is 2.59 bits per heavy atom. The van der Waals surface area contributed by atoms with E-state index < -0.39 is 11.5 Å². The molecule has 3 aromatic carbocycles. The third-order valence-corrected chi connectivity index (χ3v) is 7.61. The molecule has 0 atom stereocenters. The number of nitrogens with zero attached hydrogens (tertiary/aromatic N) is 2. The number of anilines is 1. The zero-order valence-corrected chi connectivity index (χ0v) is 21.8. The fourth-order valence-electron chi connectivity index (χ4n) is 4.56. The Kier molecular flexibility index (Phi) is 7.06. The van der Waals surface area contributed by atoms with Gasteiger partial charge in [-0.2, -0.15) is 0 Å². The number of para-hydroxylation sites is 1. The van der Waals surface area contributed by atoms with E-state index in [-0.39, 0.29) is 11.3 Å². The molecule has 0 aliphatic carbocycles. The van der Waals surface area contributed by atoms with Gasteiger partial charge >= 0.3 is 0 Å². The number of nitrogens with one attached hydrogen (secondary N) is 1. The van der Waals surface area contributed by atoms with Gasteiger partial charge in [0.25, 0.3) is 11.5 Å². The predicted molar refractivity (Wildman–Crippen MR) is 152 cm³/mol. The molecule has 5 aromatic rings. The molecule has 2 aromatic heterocycles. The van der Waals surface area contributed by atoms with Crippen molar-refractivity contribution in [1.29, 1.82) is 0 Å². The molecule has 2 N–H and O–H groups in total. The SMILES string of the molecule is CCCCCCn1c(=O)c(C(=O)Nc2ccc(-c3nc4ccc(C)cc4s3)cc2)c(O)c2ccccc21. The smallest absolute Gasteiger partial charge is 0.267 e. The van der Waals surface area contributed by atoms with Crippen LogP contribution < -0.4 is 10.9 Å². The number of benzene rings is 3. The molecule has 6 nitrogen and oxygen atoms in total. The zero-order chi connectivity index (χ0) is 25.9. The van der Waals surface area contributed by atoms with E-state index in [4.69, 9.17) is 4.98 Å². The summed E-state index contributed by atoms with van der Waals surface area (Å²) in [6, 6.07) is 20.7. The van der Waals surface area contributed by atoms with Crippen LogP contribution in [-0.2, 0) is 6.54 Å². The standard InChI is InChI=1S/C30H29N3O3S/c1-3-4-5-8-17-33-24-10-7-6-9-22(24)27(34)26(30(33)36)28(35)31-21-14-12-20(13-15-21)29-32-23-16-11-19(2)18-25(23)37-29/h6-7,9-16,18,34H,3-5,8,17H2,1-2H3,(H,31,35). The normalized spacial score (nSPS) is 11.3. The monoisotopic (exact) mass is 511 g/mol. The van der Waals surface area contributed by atoms with Crippen LogP contribution in [0.4, 0.5) is 5.69 Å². The van der Waals surface area contributed by atoms with Crippen molar-refractivity contribution in [2.24, 2.45) is 0 Å². The van der Waals surface area contributed by atoms with Crippen LogP contribution in [0.1, 0.15) is 48.5 Å². The van der Waals surface area contributed by atoms with E-state index in [0.717, 1.165) is 46.5 Å². The van der Waals surface area contributed by atoms with Crippen LogP contribution in [0.15, 0.2) is 71.5 Å². The number of carbonyl (C=O) groups excluding carboxylic acids is 1. The van der Waals surface area contributed by atoms with E-state index >= 15 is 0 Å². The first-order chi connectivity index (χ1) is 18.0. The number of aryl methyl sites for hydroxylation is 2. The number of carbonyl (C=O) groups is 1. The Morgan fingerprint density at radius 2 is 1.81 bits per heavy atom. The molecule has 0 unspecified atom stereocenters. The lowest BCUT2D eigenvalue weighted by molar-refractivity contribution is 0.102. The van der Waals surface area contributed by atoms with Gasteiger partial charge in [0.1, 0.15) is 16.3 Å². The summed E-state index contributed by atoms with van der Waals surface area (Å²) in [7, 11) is 0. The minimum Gasteiger partial charge on any atom is -0.506 e. The third-order valence-electron chi connectivity index (χ3n) is 6.54. The van der Waals surface area contributed by atoms with Crippen molar-refractivity contribution >= 4 is 44.1 Å². The van der Waals surface area contributed by atoms with Gasteiger partial charge in [0.2, 0.25) is 0 Å². The van der Waals surface area contributed by atoms with E-state index in [1.165, 1.54) is 5.56 Å². The van der Waals surface area contributed by atoms with Gasteiger partial charge in [0.05, 0.1) is 15.7 Å². The summed E-state index contributed by atoms with van der Waals surface area (Å²) in [5, 5.41) is 15.1. The fourth-order valence-corrected chi connectivity index (χ4v) is 5.63. The Balaban J connectivity index is 1.42. The number of aromatic nitrogens is 2. The van der Waals surface area contributed by atoms with Crippen LogP contribution in [0, 0.1) is 6.92 Å². The van der Waals surface area contributed by atoms with Crippen molar-refractivity contribution in [2.75, 3.05) is 5.32 Å². The number of unbranched alkanes of at least 4 members (excludes halogenated alkanes) is 3. The molecule has 1 amide bonds. The number of hydrogen-bond donors (Lipinski definition) is 2. The van der Waals surface area contributed by atoms with Gasteiger partial charge < -0.3 is 15.0 Å². The minimum atomic E-state index is -0.626. The van der Waals surface area contributed by atoms with Crippen molar-refractivity contribution in [1.82, 2.24) is 9.55 Å². The third kappa shape index (κ3) is 5.00. The number of hydrogen-bond acceptors (Lipinski definition) is 5. The Bertz CT molecular complexity index is 1650. The zero-order valence-electron chi connectivity index (χ0n) is 21.0. The van der Waals surface area contributed by atoms with Gasteiger partial charge in [-0.25, -0.2) is 4.98 Å². The van der Waals surface area contributed by atoms with E-state index in [0.29, 0.717) is 23.1 Å². The van der Waals surface area contributed by atoms with Gasteiger partial charge in [-0.3, -0.25) is 9.59 Å². The van der Waals surface area contributed by atoms with Crippen molar-refractivity contribution in [2.45, 2.75) is 46.1 Å². The topological polar surface area (TPSA) is 84.2 Å². The number of rotatable bonds is 8. The van der Waals surface area contributed by atoms with Gasteiger partial charge in [-0.1, -0.05) is 44.4 Å². The second-order valence-corrected chi connectivity index (χ2v) is 10.3. The maximum atomic E-state index is 13.4. The molecule has 0 bridgehead atoms. The number of aromatic hydroxyl groups is 1. The number of thiazole rings is 1. The average molecular weight is 512 g/mol. The van der Waals surface area contributed by atoms with E-state index in [1.807, 2.05) is 30.3 Å². The molecule has 188 valence electrons. The second-order valence-electron chi connectivity index (χ2n) is 9.28. The largest absolute Gasteiger partial charge is 0.506 e. The second kappa shape index (κ2) is 10.6. The van der Waals surface area contributed by atoms with E-state index in [1.54, 1.807) is 46.2 Å². The van der Waals surface area contributed by atoms with Crippen LogP contribution >= 0.6 is 11.3 Å². The van der Waals surface area contributed by atoms with Crippen LogP contribution in [0.3, 0.4) is 0 Å². The molecule has 0 aliphatic heterocycles. The van der Waals surface area contributed by atoms with Crippen molar-refractivity contribution in [3.05, 3.63) is 88.2 Å². The predicted octanol–water partition coefficient (Wildman–Crippen LogP) is 7.12. The Labute approximate surface area is 219 Å². The molecular formula is C30H29N3O3S. The highest BCUT2D eigenvalue weighted by atomic mass is 32.1. The first-order valence-corrected chi connectivity index (χ1v) is 13.4. The summed E-state index contributed by atoms with van der Waals surface area (Å²) >= 11 is 1.62. The number of amides is 1. The maximum absolute atomic E-state index is 13.4. The summed E-state index contributed by atoms with van der Waals surface area (Å²) in [6.45, 7) is 4.69. The van der Waals surface area contributed by atoms with Crippen LogP contribution in [-0.4, -0.2) is 20.6 Å². The minimum absolute atomic E-state index is 0.236. The maximum Gasteiger partial charge on any atom is 0.267 e. The Hall–Kier alpha value is -3.97. The lowest BCUT2D eigenvalue weighted by atomic mass is 10.1. The molecule has 7 heteroatoms. The molecule has 2 heterocycles. The summed E-state index contributed by atoms with van der Waals surface area (Å²) in [4.78, 5) is 31.3. The molecule has 0 spiro atoms. The Morgan fingerprint density at radius 1 is 1.03 bits per heavy atom. The van der Waals surface area contributed by atoms with Crippen molar-refractivity contribution in [3.63, 3.8) is 0 Å². The highest BCUT2D eigenvalue weighted by molar-refractivity contribution is 7.21. The van der Waals surface area contributed by atoms with Gasteiger partial charge in [0, 0.05) is 23.2 Å². The van der Waals surface area contributed by atoms with Crippen LogP contribution in [0.5, 0.6) is 5.75 Å². The summed E-state index contributed by atoms with van der Waals surface area (Å²) in [6.07, 6.45) is 4.01. The average Bonchev–Trinajstić information content (AvgIpc) is 3.32. The lowest BCUT2D eigenvalue weighted by Crippen LogP contribution is -2.30. The summed E-state index contributed by atoms with van der Waals surface area (Å²) in [5.74, 6) is -0.914. The van der Waals surface area contributed by atoms with Gasteiger partial charge in [-0.15, -0.1) is 11.3 Å². The first kappa shape index (κ1) is 24.7. The lowest BCUT2D eigenvalue weighted by Gasteiger charge is -2.15. The van der Waals surface area contributed by atoms with Gasteiger partial charge in [0.15, 0.2) is 0 Å². The van der Waals surface area contributed by atoms with Crippen molar-refractivity contribution in [3.8, 4) is 16.3 Å². The summed E-state index contributed by atoms with van der Waals surface area (Å²) < 4.78 is 2.74. The molecular weight excluding hydrogens is 482 g/mol. The molecule has 0 aliphatic rings. The number of pyridine rings is 1. The van der Waals surface area contributed by atoms with Crippen LogP contribution in [0.25, 0.3) is 31.7 Å². The number of fused-ring (bicyclic) bond motifs is 2. The highest BCUT2D eigenvalue weighted by Gasteiger charge is 2.22. The highest BCUT2D eigenvalue weighted by Crippen LogP contribution is 2.32. The first-order valence-electron chi connectivity index (χ1n) is 12.6. The van der Waals surface area contributed by atoms with Crippen LogP contribution in [0.2, 0.25) is 0 Å². The van der Waals surface area contributed by atoms with Crippen molar-refractivity contribution < 1.29 is 9.90 Å². The molecule has 0 fully saturated rings. The molecule has 0 saturated carbocycles. The van der Waals surface area contributed by atoms with E-state index in [9.17, 15) is 14.7 Å². The molecule has 0 saturated heterocycles. The molecule has 5 rings (SSSR count). The molecule has 0 radical (unpaired) electrons. The summed E-state index contributed by atoms with van der Waals surface area (Å²) in [5.41, 5.74) is 3.55. The van der Waals surface area contributed by atoms with E-state index in [2.05, 4.69) is 25.2 Å². The fraction of sp³-hybridized carbons (Fsp3) is 0.233. The molecule has 37 heavy (non-hydrogen) atoms. The quantitative estimate of drug-likeness (QED) is 0.217. The van der Waals surface area contributed by atoms with Gasteiger partial charge in [-0.05, 0) is 67.4 Å².